The van der Waals surface area contributed by atoms with Gasteiger partial charge in [-0.15, -0.1) is 11.3 Å². The molecule has 120 valence electrons. The van der Waals surface area contributed by atoms with E-state index in [1.807, 2.05) is 0 Å². The number of thiazole rings is 1. The third-order valence-electron chi connectivity index (χ3n) is 3.23. The summed E-state index contributed by atoms with van der Waals surface area (Å²) in [6, 6.07) is 12.6. The van der Waals surface area contributed by atoms with Crippen LogP contribution >= 0.6 is 22.9 Å². The van der Waals surface area contributed by atoms with Crippen molar-refractivity contribution in [3.8, 4) is 0 Å². The molecule has 0 fully saturated rings. The van der Waals surface area contributed by atoms with Crippen LogP contribution in [-0.2, 0) is 0 Å². The van der Waals surface area contributed by atoms with E-state index in [2.05, 4.69) is 4.98 Å². The predicted molar refractivity (Wildman–Crippen MR) is 94.4 cm³/mol. The van der Waals surface area contributed by atoms with Crippen molar-refractivity contribution in [2.45, 2.75) is 0 Å². The topological polar surface area (TPSA) is 49.9 Å². The predicted octanol–water partition coefficient (Wildman–Crippen LogP) is 2.72. The minimum absolute atomic E-state index is 0.296. The molecule has 3 nitrogen and oxygen atoms in total. The third kappa shape index (κ3) is 3.69. The zero-order valence-corrected chi connectivity index (χ0v) is 13.8. The van der Waals surface area contributed by atoms with Crippen molar-refractivity contribution in [3.05, 3.63) is 90.0 Å². The van der Waals surface area contributed by atoms with Crippen LogP contribution in [0.15, 0.2) is 53.3 Å². The van der Waals surface area contributed by atoms with Crippen LogP contribution in [0, 0.1) is 5.82 Å². The van der Waals surface area contributed by atoms with Gasteiger partial charge in [0.2, 0.25) is 0 Å². The molecule has 0 unspecified atom stereocenters. The minimum Gasteiger partial charge on any atom is -0.313 e. The van der Waals surface area contributed by atoms with Gasteiger partial charge in [0.25, 0.3) is 5.56 Å². The van der Waals surface area contributed by atoms with Crippen LogP contribution in [0.1, 0.15) is 15.9 Å². The van der Waals surface area contributed by atoms with Crippen molar-refractivity contribution in [2.75, 3.05) is 0 Å². The van der Waals surface area contributed by atoms with Crippen molar-refractivity contribution in [3.63, 3.8) is 0 Å². The second-order valence-corrected chi connectivity index (χ2v) is 6.46. The number of aromatic amines is 1. The fourth-order valence-electron chi connectivity index (χ4n) is 2.13. The number of hydrogen-bond donors (Lipinski definition) is 1. The number of carbonyl (C=O) groups is 1. The highest BCUT2D eigenvalue weighted by molar-refractivity contribution is 7.07. The molecule has 0 aliphatic rings. The maximum atomic E-state index is 13.2. The molecule has 0 aliphatic heterocycles. The number of benzene rings is 2. The number of H-pyrrole nitrogens is 1. The number of Topliss-reactive ketones (excluding diaryl/α,β-unsaturated/α-hetero) is 1. The molecule has 2 aromatic carbocycles. The van der Waals surface area contributed by atoms with Gasteiger partial charge in [0.15, 0.2) is 5.78 Å². The summed E-state index contributed by atoms with van der Waals surface area (Å²) in [5.74, 6) is -0.673. The number of hydrogen-bond acceptors (Lipinski definition) is 3. The van der Waals surface area contributed by atoms with E-state index >= 15 is 0 Å². The Labute approximate surface area is 145 Å². The van der Waals surface area contributed by atoms with E-state index in [1.54, 1.807) is 42.5 Å². The Morgan fingerprint density at radius 1 is 1.17 bits per heavy atom. The van der Waals surface area contributed by atoms with Crippen molar-refractivity contribution in [2.24, 2.45) is 0 Å². The number of carbonyl (C=O) groups excluding carboxylic acids is 1. The molecule has 3 aromatic rings. The lowest BCUT2D eigenvalue weighted by Gasteiger charge is -1.97. The summed E-state index contributed by atoms with van der Waals surface area (Å²) in [7, 11) is 0. The van der Waals surface area contributed by atoms with Crippen LogP contribution in [0.4, 0.5) is 4.39 Å². The smallest absolute Gasteiger partial charge is 0.266 e. The molecule has 1 heterocycles. The van der Waals surface area contributed by atoms with Crippen molar-refractivity contribution < 1.29 is 9.18 Å². The highest BCUT2D eigenvalue weighted by atomic mass is 35.5. The first-order valence-corrected chi connectivity index (χ1v) is 8.19. The normalized spacial score (nSPS) is 12.6. The largest absolute Gasteiger partial charge is 0.313 e. The van der Waals surface area contributed by atoms with Crippen LogP contribution in [-0.4, -0.2) is 10.8 Å². The van der Waals surface area contributed by atoms with E-state index < -0.39 is 0 Å². The molecule has 24 heavy (non-hydrogen) atoms. The molecule has 0 saturated carbocycles. The summed E-state index contributed by atoms with van der Waals surface area (Å²) in [5.41, 5.74) is 0.609. The Hall–Kier alpha value is -2.50. The first kappa shape index (κ1) is 16.4. The van der Waals surface area contributed by atoms with Gasteiger partial charge in [-0.2, -0.15) is 0 Å². The fraction of sp³-hybridized carbons (Fsp3) is 0. The molecule has 0 spiro atoms. The standard InChI is InChI=1S/C18H11ClFNO2S/c19-14-7-2-1-6-13(14)15(22)10-17-21-18(23)16(24-17)9-11-4-3-5-12(20)8-11/h1-10H,(H,21,23)/b16-9-,17-10-. The number of ketones is 1. The molecular formula is C18H11ClFNO2S. The summed E-state index contributed by atoms with van der Waals surface area (Å²) >= 11 is 7.12. The quantitative estimate of drug-likeness (QED) is 0.731. The number of nitrogens with one attached hydrogen (secondary N) is 1. The second-order valence-electron chi connectivity index (χ2n) is 4.97. The van der Waals surface area contributed by atoms with E-state index in [0.717, 1.165) is 11.3 Å². The van der Waals surface area contributed by atoms with Gasteiger partial charge in [0.1, 0.15) is 5.82 Å². The molecule has 0 atom stereocenters. The van der Waals surface area contributed by atoms with Crippen LogP contribution in [0.3, 0.4) is 0 Å². The van der Waals surface area contributed by atoms with E-state index in [0.29, 0.717) is 25.3 Å². The Morgan fingerprint density at radius 3 is 2.71 bits per heavy atom. The second kappa shape index (κ2) is 6.95. The lowest BCUT2D eigenvalue weighted by atomic mass is 10.1. The van der Waals surface area contributed by atoms with Gasteiger partial charge < -0.3 is 4.98 Å². The average Bonchev–Trinajstić information content (AvgIpc) is 2.87. The van der Waals surface area contributed by atoms with Crippen LogP contribution in [0.2, 0.25) is 5.02 Å². The van der Waals surface area contributed by atoms with Gasteiger partial charge in [-0.1, -0.05) is 35.9 Å². The first-order chi connectivity index (χ1) is 11.5. The summed E-state index contributed by atoms with van der Waals surface area (Å²) < 4.78 is 14.0. The lowest BCUT2D eigenvalue weighted by Crippen LogP contribution is -2.20. The number of halogens is 2. The van der Waals surface area contributed by atoms with Gasteiger partial charge >= 0.3 is 0 Å². The Morgan fingerprint density at radius 2 is 1.96 bits per heavy atom. The van der Waals surface area contributed by atoms with Crippen molar-refractivity contribution in [1.29, 1.82) is 0 Å². The van der Waals surface area contributed by atoms with Crippen molar-refractivity contribution >= 4 is 40.9 Å². The molecule has 1 N–H and O–H groups in total. The highest BCUT2D eigenvalue weighted by Crippen LogP contribution is 2.15. The van der Waals surface area contributed by atoms with E-state index in [4.69, 9.17) is 11.6 Å². The SMILES string of the molecule is O=C(/C=c1/[nH]c(=O)/c(=C/c2cccc(F)c2)s1)c1ccccc1Cl. The van der Waals surface area contributed by atoms with Gasteiger partial charge in [-0.25, -0.2) is 4.39 Å². The van der Waals surface area contributed by atoms with Gasteiger partial charge in [0, 0.05) is 11.6 Å². The monoisotopic (exact) mass is 359 g/mol. The Kier molecular flexibility index (Phi) is 4.74. The van der Waals surface area contributed by atoms with Crippen molar-refractivity contribution in [1.82, 2.24) is 4.98 Å². The number of aromatic nitrogens is 1. The van der Waals surface area contributed by atoms with Crippen LogP contribution < -0.4 is 14.8 Å². The summed E-state index contributed by atoms with van der Waals surface area (Å²) in [6.07, 6.45) is 2.90. The lowest BCUT2D eigenvalue weighted by molar-refractivity contribution is 0.106. The first-order valence-electron chi connectivity index (χ1n) is 7.00. The van der Waals surface area contributed by atoms with Gasteiger partial charge in [0.05, 0.1) is 14.2 Å². The van der Waals surface area contributed by atoms with Crippen LogP contribution in [0.5, 0.6) is 0 Å². The maximum Gasteiger partial charge on any atom is 0.266 e. The maximum absolute atomic E-state index is 13.2. The highest BCUT2D eigenvalue weighted by Gasteiger charge is 2.07. The molecule has 0 amide bonds. The molecule has 0 aliphatic carbocycles. The molecule has 1 aromatic heterocycles. The summed E-state index contributed by atoms with van der Waals surface area (Å²) in [4.78, 5) is 26.8. The molecule has 3 rings (SSSR count). The van der Waals surface area contributed by atoms with Crippen LogP contribution in [0.25, 0.3) is 12.2 Å². The van der Waals surface area contributed by atoms with E-state index in [1.165, 1.54) is 18.2 Å². The number of rotatable bonds is 3. The third-order valence-corrected chi connectivity index (χ3v) is 4.52. The average molecular weight is 360 g/mol. The molecule has 6 heteroatoms. The van der Waals surface area contributed by atoms with E-state index in [-0.39, 0.29) is 17.2 Å². The zero-order chi connectivity index (χ0) is 17.1. The molecule has 0 radical (unpaired) electrons. The van der Waals surface area contributed by atoms with Gasteiger partial charge in [-0.05, 0) is 35.9 Å². The molecule has 0 saturated heterocycles. The zero-order valence-electron chi connectivity index (χ0n) is 12.3. The summed E-state index contributed by atoms with van der Waals surface area (Å²) in [5, 5.41) is 0.351. The Bertz CT molecular complexity index is 1080. The van der Waals surface area contributed by atoms with E-state index in [9.17, 15) is 14.0 Å². The fourth-order valence-corrected chi connectivity index (χ4v) is 3.24. The molecular weight excluding hydrogens is 349 g/mol. The minimum atomic E-state index is -0.377. The molecule has 0 bridgehead atoms. The van der Waals surface area contributed by atoms with Gasteiger partial charge in [-0.3, -0.25) is 9.59 Å². The Balaban J connectivity index is 2.02. The summed E-state index contributed by atoms with van der Waals surface area (Å²) in [6.45, 7) is 0.